The number of rotatable bonds is 3. The average molecular weight is 328 g/mol. The number of fused-ring (bicyclic) bond motifs is 1. The molecule has 0 radical (unpaired) electrons. The molecule has 2 unspecified atom stereocenters. The van der Waals surface area contributed by atoms with Crippen LogP contribution in [0.3, 0.4) is 0 Å². The highest BCUT2D eigenvalue weighted by molar-refractivity contribution is 5.82. The molecule has 3 aliphatic rings. The van der Waals surface area contributed by atoms with Gasteiger partial charge in [-0.3, -0.25) is 4.79 Å². The Labute approximate surface area is 142 Å². The molecule has 24 heavy (non-hydrogen) atoms. The lowest BCUT2D eigenvalue weighted by Crippen LogP contribution is -2.58. The lowest BCUT2D eigenvalue weighted by Gasteiger charge is -2.45. The smallest absolute Gasteiger partial charge is 0.407 e. The summed E-state index contributed by atoms with van der Waals surface area (Å²) in [6.45, 7) is 3.70. The SMILES string of the molecule is COC(=O)NC1(C)CC(C(=O)N2CC3CC3(c3ccccc3)C2)C1. The Morgan fingerprint density at radius 2 is 1.92 bits per heavy atom. The Balaban J connectivity index is 1.36. The molecule has 5 nitrogen and oxygen atoms in total. The van der Waals surface area contributed by atoms with Crippen LogP contribution in [0.1, 0.15) is 31.7 Å². The molecule has 2 aliphatic carbocycles. The van der Waals surface area contributed by atoms with Crippen molar-refractivity contribution in [1.29, 1.82) is 0 Å². The van der Waals surface area contributed by atoms with Gasteiger partial charge in [-0.15, -0.1) is 0 Å². The lowest BCUT2D eigenvalue weighted by molar-refractivity contribution is -0.140. The Kier molecular flexibility index (Phi) is 3.37. The third kappa shape index (κ3) is 2.38. The molecule has 4 rings (SSSR count). The van der Waals surface area contributed by atoms with E-state index in [1.54, 1.807) is 0 Å². The van der Waals surface area contributed by atoms with Gasteiger partial charge >= 0.3 is 6.09 Å². The van der Waals surface area contributed by atoms with E-state index < -0.39 is 6.09 Å². The molecule has 1 N–H and O–H groups in total. The van der Waals surface area contributed by atoms with Gasteiger partial charge in [-0.25, -0.2) is 4.79 Å². The number of amides is 2. The molecular weight excluding hydrogens is 304 g/mol. The van der Waals surface area contributed by atoms with Crippen LogP contribution in [0.4, 0.5) is 4.79 Å². The van der Waals surface area contributed by atoms with Crippen molar-refractivity contribution in [2.24, 2.45) is 11.8 Å². The molecule has 1 aliphatic heterocycles. The lowest BCUT2D eigenvalue weighted by atomic mass is 9.69. The summed E-state index contributed by atoms with van der Waals surface area (Å²) in [4.78, 5) is 26.2. The Bertz CT molecular complexity index is 668. The zero-order valence-corrected chi connectivity index (χ0v) is 14.2. The summed E-state index contributed by atoms with van der Waals surface area (Å²) < 4.78 is 4.65. The van der Waals surface area contributed by atoms with E-state index in [4.69, 9.17) is 0 Å². The van der Waals surface area contributed by atoms with Crippen LogP contribution in [0.15, 0.2) is 30.3 Å². The minimum absolute atomic E-state index is 0.0254. The summed E-state index contributed by atoms with van der Waals surface area (Å²) in [6, 6.07) is 10.6. The molecule has 3 fully saturated rings. The predicted octanol–water partition coefficient (Wildman–Crippen LogP) is 2.31. The molecule has 2 atom stereocenters. The molecule has 0 spiro atoms. The second-order valence-corrected chi connectivity index (χ2v) is 7.92. The van der Waals surface area contributed by atoms with Crippen molar-refractivity contribution >= 4 is 12.0 Å². The number of benzene rings is 1. The zero-order chi connectivity index (χ0) is 16.9. The van der Waals surface area contributed by atoms with Gasteiger partial charge in [0, 0.05) is 30.0 Å². The molecule has 1 aromatic carbocycles. The summed E-state index contributed by atoms with van der Waals surface area (Å²) in [6.07, 6.45) is 2.17. The number of likely N-dealkylation sites (tertiary alicyclic amines) is 1. The minimum Gasteiger partial charge on any atom is -0.453 e. The zero-order valence-electron chi connectivity index (χ0n) is 14.2. The first-order chi connectivity index (χ1) is 11.5. The average Bonchev–Trinajstić information content (AvgIpc) is 3.14. The normalized spacial score (nSPS) is 36.5. The highest BCUT2D eigenvalue weighted by atomic mass is 16.5. The summed E-state index contributed by atoms with van der Waals surface area (Å²) in [5, 5.41) is 2.84. The van der Waals surface area contributed by atoms with Crippen LogP contribution in [0.2, 0.25) is 0 Å². The highest BCUT2D eigenvalue weighted by Crippen LogP contribution is 2.59. The first kappa shape index (κ1) is 15.5. The van der Waals surface area contributed by atoms with Crippen molar-refractivity contribution in [2.45, 2.75) is 37.1 Å². The van der Waals surface area contributed by atoms with Gasteiger partial charge in [-0.2, -0.15) is 0 Å². The van der Waals surface area contributed by atoms with Crippen LogP contribution in [-0.2, 0) is 14.9 Å². The molecule has 1 saturated heterocycles. The van der Waals surface area contributed by atoms with Crippen molar-refractivity contribution in [2.75, 3.05) is 20.2 Å². The number of nitrogens with one attached hydrogen (secondary N) is 1. The largest absolute Gasteiger partial charge is 0.453 e. The number of hydrogen-bond donors (Lipinski definition) is 1. The molecule has 5 heteroatoms. The standard InChI is InChI=1S/C19H24N2O3/c1-18(20-17(23)24-2)8-13(9-18)16(22)21-11-15-10-19(15,12-21)14-6-4-3-5-7-14/h3-7,13,15H,8-12H2,1-2H3,(H,20,23). The molecule has 1 aromatic rings. The van der Waals surface area contributed by atoms with E-state index in [-0.39, 0.29) is 22.8 Å². The maximum atomic E-state index is 12.8. The van der Waals surface area contributed by atoms with E-state index in [1.807, 2.05) is 17.9 Å². The van der Waals surface area contributed by atoms with E-state index in [0.29, 0.717) is 18.8 Å². The fourth-order valence-corrected chi connectivity index (χ4v) is 4.73. The van der Waals surface area contributed by atoms with Crippen molar-refractivity contribution < 1.29 is 14.3 Å². The first-order valence-electron chi connectivity index (χ1n) is 8.66. The van der Waals surface area contributed by atoms with Gasteiger partial charge in [-0.1, -0.05) is 30.3 Å². The molecule has 0 aromatic heterocycles. The minimum atomic E-state index is -0.422. The van der Waals surface area contributed by atoms with Crippen LogP contribution < -0.4 is 5.32 Å². The van der Waals surface area contributed by atoms with Gasteiger partial charge in [0.05, 0.1) is 7.11 Å². The molecule has 1 heterocycles. The second kappa shape index (κ2) is 5.23. The summed E-state index contributed by atoms with van der Waals surface area (Å²) >= 11 is 0. The number of ether oxygens (including phenoxy) is 1. The maximum absolute atomic E-state index is 12.8. The van der Waals surface area contributed by atoms with Crippen molar-refractivity contribution in [3.8, 4) is 0 Å². The van der Waals surface area contributed by atoms with E-state index in [0.717, 1.165) is 13.1 Å². The van der Waals surface area contributed by atoms with Gasteiger partial charge in [0.2, 0.25) is 5.91 Å². The van der Waals surface area contributed by atoms with Gasteiger partial charge < -0.3 is 15.0 Å². The van der Waals surface area contributed by atoms with Gasteiger partial charge in [0.25, 0.3) is 0 Å². The number of nitrogens with zero attached hydrogens (tertiary/aromatic N) is 1. The topological polar surface area (TPSA) is 58.6 Å². The summed E-state index contributed by atoms with van der Waals surface area (Å²) in [5.74, 6) is 0.891. The van der Waals surface area contributed by atoms with Gasteiger partial charge in [0.1, 0.15) is 0 Å². The Morgan fingerprint density at radius 1 is 1.21 bits per heavy atom. The third-order valence-corrected chi connectivity index (χ3v) is 6.14. The second-order valence-electron chi connectivity index (χ2n) is 7.92. The van der Waals surface area contributed by atoms with Crippen LogP contribution in [0.5, 0.6) is 0 Å². The molecule has 0 bridgehead atoms. The van der Waals surface area contributed by atoms with E-state index in [9.17, 15) is 9.59 Å². The van der Waals surface area contributed by atoms with Crippen LogP contribution in [0.25, 0.3) is 0 Å². The Hall–Kier alpha value is -2.04. The monoisotopic (exact) mass is 328 g/mol. The summed E-state index contributed by atoms with van der Waals surface area (Å²) in [5.41, 5.74) is 1.26. The number of carbonyl (C=O) groups is 2. The van der Waals surface area contributed by atoms with Crippen molar-refractivity contribution in [1.82, 2.24) is 10.2 Å². The summed E-state index contributed by atoms with van der Waals surface area (Å²) in [7, 11) is 1.36. The van der Waals surface area contributed by atoms with Gasteiger partial charge in [0.15, 0.2) is 0 Å². The number of carbonyl (C=O) groups excluding carboxylic acids is 2. The number of methoxy groups -OCH3 is 1. The van der Waals surface area contributed by atoms with E-state index >= 15 is 0 Å². The van der Waals surface area contributed by atoms with Crippen molar-refractivity contribution in [3.05, 3.63) is 35.9 Å². The quantitative estimate of drug-likeness (QED) is 0.926. The van der Waals surface area contributed by atoms with Crippen LogP contribution >= 0.6 is 0 Å². The highest BCUT2D eigenvalue weighted by Gasteiger charge is 2.62. The maximum Gasteiger partial charge on any atom is 0.407 e. The third-order valence-electron chi connectivity index (χ3n) is 6.14. The first-order valence-corrected chi connectivity index (χ1v) is 8.66. The number of hydrogen-bond acceptors (Lipinski definition) is 3. The Morgan fingerprint density at radius 3 is 2.58 bits per heavy atom. The fourth-order valence-electron chi connectivity index (χ4n) is 4.73. The molecular formula is C19H24N2O3. The molecule has 2 saturated carbocycles. The molecule has 128 valence electrons. The van der Waals surface area contributed by atoms with Gasteiger partial charge in [-0.05, 0) is 37.7 Å². The van der Waals surface area contributed by atoms with Crippen molar-refractivity contribution in [3.63, 3.8) is 0 Å². The number of piperidine rings is 1. The predicted molar refractivity (Wildman–Crippen MR) is 89.5 cm³/mol. The van der Waals surface area contributed by atoms with E-state index in [1.165, 1.54) is 19.1 Å². The van der Waals surface area contributed by atoms with Crippen LogP contribution in [0, 0.1) is 11.8 Å². The molecule has 2 amide bonds. The fraction of sp³-hybridized carbons (Fsp3) is 0.579. The number of alkyl carbamates (subject to hydrolysis) is 1. The van der Waals surface area contributed by atoms with Crippen LogP contribution in [-0.4, -0.2) is 42.6 Å². The van der Waals surface area contributed by atoms with E-state index in [2.05, 4.69) is 34.3 Å².